The molecule has 2 heterocycles. The Morgan fingerprint density at radius 3 is 3.00 bits per heavy atom. The summed E-state index contributed by atoms with van der Waals surface area (Å²) >= 11 is 0. The molecule has 0 radical (unpaired) electrons. The normalized spacial score (nSPS) is 24.0. The van der Waals surface area contributed by atoms with Gasteiger partial charge in [0.25, 0.3) is 0 Å². The van der Waals surface area contributed by atoms with E-state index in [1.807, 2.05) is 0 Å². The minimum Gasteiger partial charge on any atom is -0.466 e. The highest BCUT2D eigenvalue weighted by Gasteiger charge is 2.40. The van der Waals surface area contributed by atoms with Crippen molar-refractivity contribution in [3.8, 4) is 0 Å². The number of rotatable bonds is 5. The van der Waals surface area contributed by atoms with Crippen molar-refractivity contribution in [2.45, 2.75) is 38.8 Å². The lowest BCUT2D eigenvalue weighted by Gasteiger charge is -2.27. The second kappa shape index (κ2) is 6.57. The van der Waals surface area contributed by atoms with E-state index in [9.17, 15) is 14.4 Å². The number of allylic oxidation sites excluding steroid dienone is 1. The van der Waals surface area contributed by atoms with Crippen molar-refractivity contribution in [2.24, 2.45) is 0 Å². The predicted octanol–water partition coefficient (Wildman–Crippen LogP) is -1.01. The molecule has 0 aromatic rings. The number of hydrazine groups is 1. The lowest BCUT2D eigenvalue weighted by molar-refractivity contribution is -0.143. The molecule has 8 nitrogen and oxygen atoms in total. The van der Waals surface area contributed by atoms with Gasteiger partial charge >= 0.3 is 5.97 Å². The number of ether oxygens (including phenoxy) is 1. The number of fused-ring (bicyclic) bond motifs is 1. The van der Waals surface area contributed by atoms with Gasteiger partial charge in [0, 0.05) is 24.9 Å². The lowest BCUT2D eigenvalue weighted by Crippen LogP contribution is -2.49. The fourth-order valence-electron chi connectivity index (χ4n) is 2.35. The van der Waals surface area contributed by atoms with Crippen LogP contribution < -0.4 is 16.1 Å². The van der Waals surface area contributed by atoms with E-state index in [4.69, 9.17) is 4.74 Å². The highest BCUT2D eigenvalue weighted by atomic mass is 16.5. The van der Waals surface area contributed by atoms with E-state index < -0.39 is 6.04 Å². The Kier molecular flexibility index (Phi) is 4.79. The van der Waals surface area contributed by atoms with Crippen molar-refractivity contribution in [1.82, 2.24) is 21.1 Å². The second-order valence-electron chi connectivity index (χ2n) is 4.99. The fourth-order valence-corrected chi connectivity index (χ4v) is 2.35. The molecule has 0 aromatic heterocycles. The minimum absolute atomic E-state index is 0.121. The third kappa shape index (κ3) is 3.72. The Morgan fingerprint density at radius 2 is 2.29 bits per heavy atom. The Hall–Kier alpha value is -2.09. The quantitative estimate of drug-likeness (QED) is 0.562. The molecule has 116 valence electrons. The molecule has 8 heteroatoms. The second-order valence-corrected chi connectivity index (χ2v) is 4.99. The van der Waals surface area contributed by atoms with Crippen LogP contribution in [-0.2, 0) is 19.1 Å². The van der Waals surface area contributed by atoms with E-state index in [1.54, 1.807) is 25.1 Å². The van der Waals surface area contributed by atoms with Crippen LogP contribution in [0.4, 0.5) is 0 Å². The van der Waals surface area contributed by atoms with Gasteiger partial charge in [-0.2, -0.15) is 0 Å². The number of nitrogens with zero attached hydrogens (tertiary/aromatic N) is 1. The zero-order chi connectivity index (χ0) is 15.4. The van der Waals surface area contributed by atoms with E-state index in [2.05, 4.69) is 16.1 Å². The van der Waals surface area contributed by atoms with Gasteiger partial charge in [-0.15, -0.1) is 0 Å². The monoisotopic (exact) mass is 296 g/mol. The molecule has 0 spiro atoms. The zero-order valence-corrected chi connectivity index (χ0v) is 12.1. The van der Waals surface area contributed by atoms with Gasteiger partial charge in [-0.1, -0.05) is 0 Å². The van der Waals surface area contributed by atoms with Crippen LogP contribution in [0.1, 0.15) is 26.7 Å². The molecule has 21 heavy (non-hydrogen) atoms. The number of carbonyl (C=O) groups is 3. The predicted molar refractivity (Wildman–Crippen MR) is 73.3 cm³/mol. The SMILES string of the molecule is CCOC(=O)CCNC(=O)C1CC2C(=O)NC(C)=CN2N1. The molecule has 2 aliphatic rings. The highest BCUT2D eigenvalue weighted by molar-refractivity contribution is 5.88. The van der Waals surface area contributed by atoms with E-state index in [0.717, 1.165) is 5.70 Å². The average Bonchev–Trinajstić information content (AvgIpc) is 2.83. The van der Waals surface area contributed by atoms with Gasteiger partial charge in [-0.05, 0) is 13.8 Å². The Morgan fingerprint density at radius 1 is 1.52 bits per heavy atom. The molecule has 2 rings (SSSR count). The van der Waals surface area contributed by atoms with Gasteiger partial charge in [0.1, 0.15) is 12.1 Å². The van der Waals surface area contributed by atoms with Crippen molar-refractivity contribution in [3.63, 3.8) is 0 Å². The molecule has 2 unspecified atom stereocenters. The molecule has 2 amide bonds. The van der Waals surface area contributed by atoms with Crippen molar-refractivity contribution in [1.29, 1.82) is 0 Å². The molecule has 1 saturated heterocycles. The van der Waals surface area contributed by atoms with Gasteiger partial charge < -0.3 is 20.4 Å². The molecule has 0 saturated carbocycles. The van der Waals surface area contributed by atoms with E-state index in [-0.39, 0.29) is 36.8 Å². The number of hydrogen-bond acceptors (Lipinski definition) is 6. The molecule has 0 aliphatic carbocycles. The minimum atomic E-state index is -0.481. The highest BCUT2D eigenvalue weighted by Crippen LogP contribution is 2.19. The van der Waals surface area contributed by atoms with Crippen molar-refractivity contribution < 1.29 is 19.1 Å². The van der Waals surface area contributed by atoms with Crippen molar-refractivity contribution in [3.05, 3.63) is 11.9 Å². The van der Waals surface area contributed by atoms with E-state index in [1.165, 1.54) is 0 Å². The van der Waals surface area contributed by atoms with Crippen LogP contribution >= 0.6 is 0 Å². The third-order valence-corrected chi connectivity index (χ3v) is 3.31. The van der Waals surface area contributed by atoms with Crippen molar-refractivity contribution >= 4 is 17.8 Å². The average molecular weight is 296 g/mol. The molecule has 1 fully saturated rings. The first kappa shape index (κ1) is 15.3. The summed E-state index contributed by atoms with van der Waals surface area (Å²) in [5.74, 6) is -0.690. The topological polar surface area (TPSA) is 99.8 Å². The fraction of sp³-hybridized carbons (Fsp3) is 0.615. The third-order valence-electron chi connectivity index (χ3n) is 3.31. The molecule has 2 aliphatic heterocycles. The Balaban J connectivity index is 1.80. The van der Waals surface area contributed by atoms with Gasteiger partial charge in [-0.3, -0.25) is 14.4 Å². The number of carbonyl (C=O) groups excluding carboxylic acids is 3. The first-order valence-electron chi connectivity index (χ1n) is 6.98. The molecule has 2 atom stereocenters. The molecule has 0 aromatic carbocycles. The maximum Gasteiger partial charge on any atom is 0.307 e. The van der Waals surface area contributed by atoms with Crippen LogP contribution in [0.3, 0.4) is 0 Å². The summed E-state index contributed by atoms with van der Waals surface area (Å²) in [5, 5.41) is 7.05. The van der Waals surface area contributed by atoms with Crippen LogP contribution in [0.15, 0.2) is 11.9 Å². The Labute approximate surface area is 122 Å². The standard InChI is InChI=1S/C13H20N4O4/c1-3-21-11(18)4-5-14-12(19)9-6-10-13(20)15-8(2)7-17(10)16-9/h7,9-10,16H,3-6H2,1-2H3,(H,14,19)(H,15,20). The number of amides is 2. The molecule has 3 N–H and O–H groups in total. The summed E-state index contributed by atoms with van der Waals surface area (Å²) in [7, 11) is 0. The maximum absolute atomic E-state index is 12.0. The number of hydrogen-bond donors (Lipinski definition) is 3. The summed E-state index contributed by atoms with van der Waals surface area (Å²) < 4.78 is 4.78. The van der Waals surface area contributed by atoms with Gasteiger partial charge in [0.15, 0.2) is 0 Å². The van der Waals surface area contributed by atoms with Crippen LogP contribution in [0, 0.1) is 0 Å². The van der Waals surface area contributed by atoms with E-state index in [0.29, 0.717) is 13.0 Å². The first-order valence-corrected chi connectivity index (χ1v) is 6.98. The molecular weight excluding hydrogens is 276 g/mol. The largest absolute Gasteiger partial charge is 0.466 e. The van der Waals surface area contributed by atoms with E-state index >= 15 is 0 Å². The number of esters is 1. The molecule has 0 bridgehead atoms. The van der Waals surface area contributed by atoms with Gasteiger partial charge in [0.05, 0.1) is 13.0 Å². The molecular formula is C13H20N4O4. The van der Waals surface area contributed by atoms with Crippen LogP contribution in [0.25, 0.3) is 0 Å². The number of nitrogens with one attached hydrogen (secondary N) is 3. The van der Waals surface area contributed by atoms with Crippen LogP contribution in [-0.4, -0.2) is 48.0 Å². The van der Waals surface area contributed by atoms with Gasteiger partial charge in [-0.25, -0.2) is 5.43 Å². The lowest BCUT2D eigenvalue weighted by atomic mass is 10.1. The zero-order valence-electron chi connectivity index (χ0n) is 12.1. The smallest absolute Gasteiger partial charge is 0.307 e. The summed E-state index contributed by atoms with van der Waals surface area (Å²) in [4.78, 5) is 35.0. The summed E-state index contributed by atoms with van der Waals surface area (Å²) in [6, 6.07) is -0.861. The summed E-state index contributed by atoms with van der Waals surface area (Å²) in [5.41, 5.74) is 3.71. The summed E-state index contributed by atoms with van der Waals surface area (Å²) in [6.45, 7) is 4.06. The first-order chi connectivity index (χ1) is 10.0. The van der Waals surface area contributed by atoms with Crippen LogP contribution in [0.2, 0.25) is 0 Å². The van der Waals surface area contributed by atoms with Crippen molar-refractivity contribution in [2.75, 3.05) is 13.2 Å². The van der Waals surface area contributed by atoms with Gasteiger partial charge in [0.2, 0.25) is 11.8 Å². The van der Waals surface area contributed by atoms with Crippen LogP contribution in [0.5, 0.6) is 0 Å². The summed E-state index contributed by atoms with van der Waals surface area (Å²) in [6.07, 6.45) is 2.29. The maximum atomic E-state index is 12.0. The Bertz CT molecular complexity index is 477.